The molecule has 0 saturated heterocycles. The Kier molecular flexibility index (Phi) is 5.95. The molecule has 0 aliphatic heterocycles. The number of carbonyl (C=O) groups is 1. The van der Waals surface area contributed by atoms with Gasteiger partial charge in [-0.3, -0.25) is 0 Å². The van der Waals surface area contributed by atoms with E-state index in [0.29, 0.717) is 0 Å². The molecule has 7 heteroatoms. The summed E-state index contributed by atoms with van der Waals surface area (Å²) in [6, 6.07) is 7.38. The molecule has 0 amide bonds. The van der Waals surface area contributed by atoms with Crippen molar-refractivity contribution in [2.24, 2.45) is 0 Å². The summed E-state index contributed by atoms with van der Waals surface area (Å²) in [5.41, 5.74) is 0.713. The molecule has 2 aromatic carbocycles. The van der Waals surface area contributed by atoms with Crippen molar-refractivity contribution in [1.82, 2.24) is 0 Å². The molecule has 0 aromatic heterocycles. The minimum Gasteiger partial charge on any atom is -0.462 e. The van der Waals surface area contributed by atoms with Crippen LogP contribution in [0.1, 0.15) is 25.0 Å². The molecular formula is C19H13F5O2. The molecule has 0 atom stereocenters. The van der Waals surface area contributed by atoms with E-state index in [-0.39, 0.29) is 17.7 Å². The van der Waals surface area contributed by atoms with E-state index in [2.05, 4.69) is 5.73 Å². The molecule has 0 heterocycles. The van der Waals surface area contributed by atoms with E-state index >= 15 is 0 Å². The van der Waals surface area contributed by atoms with E-state index in [0.717, 1.165) is 0 Å². The summed E-state index contributed by atoms with van der Waals surface area (Å²) < 4.78 is 73.7. The van der Waals surface area contributed by atoms with Gasteiger partial charge in [0, 0.05) is 5.57 Å². The smallest absolute Gasteiger partial charge is 0.341 e. The van der Waals surface area contributed by atoms with Gasteiger partial charge in [0.2, 0.25) is 5.82 Å². The number of rotatable bonds is 4. The van der Waals surface area contributed by atoms with Crippen LogP contribution in [-0.4, -0.2) is 12.6 Å². The van der Waals surface area contributed by atoms with E-state index in [4.69, 9.17) is 4.74 Å². The number of esters is 1. The number of hydrogen-bond donors (Lipinski definition) is 0. The van der Waals surface area contributed by atoms with Gasteiger partial charge in [-0.1, -0.05) is 30.3 Å². The van der Waals surface area contributed by atoms with Gasteiger partial charge in [-0.15, -0.1) is 5.73 Å². The summed E-state index contributed by atoms with van der Waals surface area (Å²) in [7, 11) is 0. The van der Waals surface area contributed by atoms with Gasteiger partial charge >= 0.3 is 5.97 Å². The first kappa shape index (κ1) is 19.4. The summed E-state index contributed by atoms with van der Waals surface area (Å²) >= 11 is 0. The molecular weight excluding hydrogens is 355 g/mol. The molecule has 0 unspecified atom stereocenters. The van der Waals surface area contributed by atoms with Gasteiger partial charge in [0.25, 0.3) is 0 Å². The van der Waals surface area contributed by atoms with Crippen LogP contribution in [0.2, 0.25) is 0 Å². The summed E-state index contributed by atoms with van der Waals surface area (Å²) in [5.74, 6) is -11.3. The summed E-state index contributed by atoms with van der Waals surface area (Å²) in [6.07, 6.45) is 0. The maximum Gasteiger partial charge on any atom is 0.341 e. The zero-order valence-electron chi connectivity index (χ0n) is 13.8. The van der Waals surface area contributed by atoms with E-state index in [1.165, 1.54) is 31.2 Å². The second kappa shape index (κ2) is 7.97. The first-order valence-corrected chi connectivity index (χ1v) is 7.51. The van der Waals surface area contributed by atoms with Crippen molar-refractivity contribution in [2.45, 2.75) is 13.8 Å². The van der Waals surface area contributed by atoms with Gasteiger partial charge in [-0.2, -0.15) is 0 Å². The highest BCUT2D eigenvalue weighted by molar-refractivity contribution is 5.91. The lowest BCUT2D eigenvalue weighted by atomic mass is 9.96. The SMILES string of the molecule is CCOC(=O)C(C)=C=C(c1ccccc1)c1c(F)c(F)c(F)c(F)c1F. The van der Waals surface area contributed by atoms with Crippen molar-refractivity contribution < 1.29 is 31.5 Å². The average Bonchev–Trinajstić information content (AvgIpc) is 2.64. The van der Waals surface area contributed by atoms with E-state index < -0.39 is 46.2 Å². The fourth-order valence-corrected chi connectivity index (χ4v) is 2.19. The van der Waals surface area contributed by atoms with Gasteiger partial charge in [0.05, 0.1) is 17.7 Å². The minimum atomic E-state index is -2.26. The zero-order chi connectivity index (χ0) is 19.4. The molecule has 26 heavy (non-hydrogen) atoms. The molecule has 0 N–H and O–H groups in total. The average molecular weight is 368 g/mol. The third kappa shape index (κ3) is 3.68. The Balaban J connectivity index is 2.89. The van der Waals surface area contributed by atoms with Crippen molar-refractivity contribution in [1.29, 1.82) is 0 Å². The third-order valence-electron chi connectivity index (χ3n) is 3.42. The number of halogens is 5. The molecule has 0 fully saturated rings. The van der Waals surface area contributed by atoms with Gasteiger partial charge in [0.15, 0.2) is 23.3 Å². The van der Waals surface area contributed by atoms with Crippen LogP contribution in [-0.2, 0) is 9.53 Å². The Labute approximate surface area is 146 Å². The van der Waals surface area contributed by atoms with Gasteiger partial charge in [0.1, 0.15) is 0 Å². The van der Waals surface area contributed by atoms with Gasteiger partial charge in [-0.05, 0) is 19.4 Å². The first-order valence-electron chi connectivity index (χ1n) is 7.51. The number of ether oxygens (including phenoxy) is 1. The standard InChI is InChI=1S/C19H13F5O2/c1-3-26-19(25)10(2)9-12(11-7-5-4-6-8-11)13-14(20)16(22)18(24)17(23)15(13)21/h4-8H,3H2,1-2H3. The fourth-order valence-electron chi connectivity index (χ4n) is 2.19. The molecule has 0 radical (unpaired) electrons. The second-order valence-corrected chi connectivity index (χ2v) is 5.16. The van der Waals surface area contributed by atoms with Crippen LogP contribution in [0.25, 0.3) is 5.57 Å². The second-order valence-electron chi connectivity index (χ2n) is 5.16. The van der Waals surface area contributed by atoms with Gasteiger partial charge in [-0.25, -0.2) is 26.7 Å². The predicted molar refractivity (Wildman–Crippen MR) is 84.5 cm³/mol. The van der Waals surface area contributed by atoms with E-state index in [1.807, 2.05) is 0 Å². The quantitative estimate of drug-likeness (QED) is 0.191. The zero-order valence-corrected chi connectivity index (χ0v) is 13.8. The Morgan fingerprint density at radius 2 is 1.42 bits per heavy atom. The van der Waals surface area contributed by atoms with Crippen molar-refractivity contribution in [3.8, 4) is 0 Å². The monoisotopic (exact) mass is 368 g/mol. The van der Waals surface area contributed by atoms with Crippen molar-refractivity contribution >= 4 is 11.5 Å². The molecule has 2 nitrogen and oxygen atoms in total. The molecule has 2 aromatic rings. The first-order chi connectivity index (χ1) is 12.3. The summed E-state index contributed by atoms with van der Waals surface area (Å²) in [6.45, 7) is 2.85. The molecule has 0 bridgehead atoms. The molecule has 2 rings (SSSR count). The molecule has 0 aliphatic rings. The topological polar surface area (TPSA) is 26.3 Å². The number of benzene rings is 2. The van der Waals surface area contributed by atoms with Crippen LogP contribution in [0.4, 0.5) is 22.0 Å². The highest BCUT2D eigenvalue weighted by Gasteiger charge is 2.28. The Morgan fingerprint density at radius 1 is 0.923 bits per heavy atom. The van der Waals surface area contributed by atoms with Crippen LogP contribution in [0.3, 0.4) is 0 Å². The predicted octanol–water partition coefficient (Wildman–Crippen LogP) is 4.92. The molecule has 0 aliphatic carbocycles. The highest BCUT2D eigenvalue weighted by atomic mass is 19.2. The number of hydrogen-bond acceptors (Lipinski definition) is 2. The van der Waals surface area contributed by atoms with Crippen molar-refractivity contribution in [2.75, 3.05) is 6.61 Å². The molecule has 136 valence electrons. The summed E-state index contributed by atoms with van der Waals surface area (Å²) in [4.78, 5) is 11.8. The normalized spacial score (nSPS) is 10.3. The Bertz CT molecular complexity index is 884. The fraction of sp³-hybridized carbons (Fsp3) is 0.158. The van der Waals surface area contributed by atoms with E-state index in [1.54, 1.807) is 13.0 Å². The largest absolute Gasteiger partial charge is 0.462 e. The maximum absolute atomic E-state index is 14.2. The molecule has 0 spiro atoms. The Hall–Kier alpha value is -2.92. The lowest BCUT2D eigenvalue weighted by Gasteiger charge is -2.11. The Morgan fingerprint density at radius 3 is 1.92 bits per heavy atom. The van der Waals surface area contributed by atoms with Crippen LogP contribution in [0.15, 0.2) is 41.6 Å². The number of carbonyl (C=O) groups excluding carboxylic acids is 1. The lowest BCUT2D eigenvalue weighted by molar-refractivity contribution is -0.138. The van der Waals surface area contributed by atoms with Crippen molar-refractivity contribution in [3.05, 3.63) is 81.8 Å². The van der Waals surface area contributed by atoms with Crippen LogP contribution < -0.4 is 0 Å². The minimum absolute atomic E-state index is 0.0427. The maximum atomic E-state index is 14.2. The van der Waals surface area contributed by atoms with Crippen LogP contribution >= 0.6 is 0 Å². The van der Waals surface area contributed by atoms with E-state index in [9.17, 15) is 26.7 Å². The van der Waals surface area contributed by atoms with Crippen LogP contribution in [0, 0.1) is 29.1 Å². The lowest BCUT2D eigenvalue weighted by Crippen LogP contribution is -2.08. The third-order valence-corrected chi connectivity index (χ3v) is 3.42. The van der Waals surface area contributed by atoms with Crippen LogP contribution in [0.5, 0.6) is 0 Å². The van der Waals surface area contributed by atoms with Crippen molar-refractivity contribution in [3.63, 3.8) is 0 Å². The summed E-state index contributed by atoms with van der Waals surface area (Å²) in [5, 5.41) is 0. The highest BCUT2D eigenvalue weighted by Crippen LogP contribution is 2.32. The van der Waals surface area contributed by atoms with Gasteiger partial charge < -0.3 is 4.74 Å². The molecule has 0 saturated carbocycles.